The summed E-state index contributed by atoms with van der Waals surface area (Å²) in [5.41, 5.74) is 2.44. The van der Waals surface area contributed by atoms with Gasteiger partial charge in [-0.3, -0.25) is 9.69 Å². The third-order valence-electron chi connectivity index (χ3n) is 4.89. The Kier molecular flexibility index (Phi) is 6.93. The van der Waals surface area contributed by atoms with Crippen LogP contribution >= 0.6 is 15.9 Å². The van der Waals surface area contributed by atoms with Gasteiger partial charge in [0, 0.05) is 44.0 Å². The van der Waals surface area contributed by atoms with Crippen LogP contribution < -0.4 is 14.8 Å². The zero-order valence-electron chi connectivity index (χ0n) is 16.5. The molecule has 28 heavy (non-hydrogen) atoms. The summed E-state index contributed by atoms with van der Waals surface area (Å²) >= 11 is 3.42. The first-order valence-electron chi connectivity index (χ1n) is 9.23. The minimum atomic E-state index is -0.208. The van der Waals surface area contributed by atoms with Crippen LogP contribution in [0.15, 0.2) is 40.9 Å². The van der Waals surface area contributed by atoms with E-state index in [1.807, 2.05) is 18.2 Å². The number of ether oxygens (including phenoxy) is 2. The Morgan fingerprint density at radius 2 is 1.71 bits per heavy atom. The molecular formula is C21H26BrN3O3. The maximum atomic E-state index is 12.7. The molecule has 2 aromatic rings. The van der Waals surface area contributed by atoms with Gasteiger partial charge in [0.2, 0.25) is 0 Å². The summed E-state index contributed by atoms with van der Waals surface area (Å²) in [5.74, 6) is 0.891. The minimum Gasteiger partial charge on any atom is -0.495 e. The molecule has 3 rings (SSSR count). The van der Waals surface area contributed by atoms with Crippen LogP contribution in [0, 0.1) is 0 Å². The van der Waals surface area contributed by atoms with Gasteiger partial charge in [-0.15, -0.1) is 0 Å². The van der Waals surface area contributed by atoms with Gasteiger partial charge in [0.05, 0.1) is 14.2 Å². The van der Waals surface area contributed by atoms with Crippen LogP contribution in [0.4, 0.5) is 5.69 Å². The molecule has 0 radical (unpaired) electrons. The molecule has 1 fully saturated rings. The molecule has 0 saturated carbocycles. The SMILES string of the molecule is COc1cc(C(=O)Nc2cccc(CN3CCN(C)CC3)c2)cc(OC)c1Br. The van der Waals surface area contributed by atoms with E-state index in [1.165, 1.54) is 5.56 Å². The Morgan fingerprint density at radius 1 is 1.07 bits per heavy atom. The quantitative estimate of drug-likeness (QED) is 0.734. The van der Waals surface area contributed by atoms with Gasteiger partial charge in [-0.2, -0.15) is 0 Å². The van der Waals surface area contributed by atoms with Crippen molar-refractivity contribution in [1.82, 2.24) is 9.80 Å². The molecule has 0 aromatic heterocycles. The summed E-state index contributed by atoms with van der Waals surface area (Å²) in [4.78, 5) is 17.5. The lowest BCUT2D eigenvalue weighted by atomic mass is 10.1. The van der Waals surface area contributed by atoms with E-state index in [1.54, 1.807) is 26.4 Å². The third kappa shape index (κ3) is 5.04. The number of hydrogen-bond acceptors (Lipinski definition) is 5. The van der Waals surface area contributed by atoms with E-state index < -0.39 is 0 Å². The summed E-state index contributed by atoms with van der Waals surface area (Å²) in [6.07, 6.45) is 0. The molecule has 1 aliphatic rings. The molecule has 0 spiro atoms. The highest BCUT2D eigenvalue weighted by molar-refractivity contribution is 9.10. The second-order valence-corrected chi connectivity index (χ2v) is 7.72. The highest BCUT2D eigenvalue weighted by atomic mass is 79.9. The number of carbonyl (C=O) groups is 1. The topological polar surface area (TPSA) is 54.0 Å². The van der Waals surface area contributed by atoms with Gasteiger partial charge in [0.15, 0.2) is 0 Å². The second-order valence-electron chi connectivity index (χ2n) is 6.93. The molecule has 1 heterocycles. The summed E-state index contributed by atoms with van der Waals surface area (Å²) in [5, 5.41) is 2.97. The van der Waals surface area contributed by atoms with E-state index >= 15 is 0 Å². The lowest BCUT2D eigenvalue weighted by Crippen LogP contribution is -2.43. The van der Waals surface area contributed by atoms with Gasteiger partial charge in [-0.1, -0.05) is 12.1 Å². The molecule has 1 aliphatic heterocycles. The standard InChI is InChI=1S/C21H26BrN3O3/c1-24-7-9-25(10-8-24)14-15-5-4-6-17(11-15)23-21(26)16-12-18(27-2)20(22)19(13-16)28-3/h4-6,11-13H,7-10,14H2,1-3H3,(H,23,26). The maximum absolute atomic E-state index is 12.7. The van der Waals surface area contributed by atoms with Crippen LogP contribution in [0.1, 0.15) is 15.9 Å². The zero-order chi connectivity index (χ0) is 20.1. The van der Waals surface area contributed by atoms with Crippen molar-refractivity contribution < 1.29 is 14.3 Å². The molecule has 1 N–H and O–H groups in total. The summed E-state index contributed by atoms with van der Waals surface area (Å²) in [6.45, 7) is 5.18. The van der Waals surface area contributed by atoms with Gasteiger partial charge < -0.3 is 19.7 Å². The molecule has 0 unspecified atom stereocenters. The molecule has 2 aromatic carbocycles. The smallest absolute Gasteiger partial charge is 0.255 e. The number of carbonyl (C=O) groups excluding carboxylic acids is 1. The van der Waals surface area contributed by atoms with Crippen molar-refractivity contribution in [3.63, 3.8) is 0 Å². The van der Waals surface area contributed by atoms with Crippen molar-refractivity contribution in [2.75, 3.05) is 52.8 Å². The zero-order valence-corrected chi connectivity index (χ0v) is 18.1. The van der Waals surface area contributed by atoms with Crippen LogP contribution in [-0.2, 0) is 6.54 Å². The van der Waals surface area contributed by atoms with Gasteiger partial charge in [-0.25, -0.2) is 0 Å². The molecule has 0 aliphatic carbocycles. The number of nitrogens with zero attached hydrogens (tertiary/aromatic N) is 2. The molecule has 1 amide bonds. The Balaban J connectivity index is 1.71. The predicted molar refractivity (Wildman–Crippen MR) is 114 cm³/mol. The van der Waals surface area contributed by atoms with E-state index in [0.29, 0.717) is 21.5 Å². The number of likely N-dealkylation sites (N-methyl/N-ethyl adjacent to an activating group) is 1. The Hall–Kier alpha value is -2.09. The van der Waals surface area contributed by atoms with Crippen molar-refractivity contribution in [2.45, 2.75) is 6.54 Å². The maximum Gasteiger partial charge on any atom is 0.255 e. The largest absolute Gasteiger partial charge is 0.495 e. The highest BCUT2D eigenvalue weighted by Gasteiger charge is 2.16. The number of anilines is 1. The molecule has 0 bridgehead atoms. The van der Waals surface area contributed by atoms with E-state index in [2.05, 4.69) is 44.2 Å². The van der Waals surface area contributed by atoms with E-state index in [4.69, 9.17) is 9.47 Å². The molecule has 6 nitrogen and oxygen atoms in total. The fourth-order valence-corrected chi connectivity index (χ4v) is 3.77. The molecule has 1 saturated heterocycles. The van der Waals surface area contributed by atoms with E-state index in [-0.39, 0.29) is 5.91 Å². The Morgan fingerprint density at radius 3 is 2.32 bits per heavy atom. The van der Waals surface area contributed by atoms with Crippen LogP contribution in [-0.4, -0.2) is 63.2 Å². The van der Waals surface area contributed by atoms with E-state index in [9.17, 15) is 4.79 Å². The normalized spacial score (nSPS) is 15.3. The summed E-state index contributed by atoms with van der Waals surface area (Å²) < 4.78 is 11.3. The van der Waals surface area contributed by atoms with Crippen LogP contribution in [0.2, 0.25) is 0 Å². The van der Waals surface area contributed by atoms with Crippen molar-refractivity contribution in [3.8, 4) is 11.5 Å². The summed E-state index contributed by atoms with van der Waals surface area (Å²) in [6, 6.07) is 11.4. The Labute approximate surface area is 174 Å². The molecule has 7 heteroatoms. The van der Waals surface area contributed by atoms with Crippen molar-refractivity contribution in [1.29, 1.82) is 0 Å². The summed E-state index contributed by atoms with van der Waals surface area (Å²) in [7, 11) is 5.27. The average Bonchev–Trinajstić information content (AvgIpc) is 2.70. The lowest BCUT2D eigenvalue weighted by molar-refractivity contribution is 0.102. The first kappa shape index (κ1) is 20.6. The van der Waals surface area contributed by atoms with Crippen LogP contribution in [0.25, 0.3) is 0 Å². The monoisotopic (exact) mass is 447 g/mol. The number of rotatable bonds is 6. The van der Waals surface area contributed by atoms with E-state index in [0.717, 1.165) is 38.4 Å². The highest BCUT2D eigenvalue weighted by Crippen LogP contribution is 2.35. The Bertz CT molecular complexity index is 810. The fraction of sp³-hybridized carbons (Fsp3) is 0.381. The van der Waals surface area contributed by atoms with Gasteiger partial charge in [-0.05, 0) is 52.8 Å². The average molecular weight is 448 g/mol. The number of benzene rings is 2. The van der Waals surface area contributed by atoms with Gasteiger partial charge in [0.25, 0.3) is 5.91 Å². The van der Waals surface area contributed by atoms with Crippen LogP contribution in [0.5, 0.6) is 11.5 Å². The van der Waals surface area contributed by atoms with Crippen molar-refractivity contribution in [2.24, 2.45) is 0 Å². The third-order valence-corrected chi connectivity index (χ3v) is 5.68. The number of hydrogen-bond donors (Lipinski definition) is 1. The molecular weight excluding hydrogens is 422 g/mol. The van der Waals surface area contributed by atoms with Crippen molar-refractivity contribution in [3.05, 3.63) is 52.0 Å². The number of methoxy groups -OCH3 is 2. The van der Waals surface area contributed by atoms with Gasteiger partial charge in [0.1, 0.15) is 16.0 Å². The lowest BCUT2D eigenvalue weighted by Gasteiger charge is -2.32. The van der Waals surface area contributed by atoms with Crippen LogP contribution in [0.3, 0.4) is 0 Å². The predicted octanol–water partition coefficient (Wildman–Crippen LogP) is 3.47. The van der Waals surface area contributed by atoms with Gasteiger partial charge >= 0.3 is 0 Å². The minimum absolute atomic E-state index is 0.208. The number of halogens is 1. The molecule has 0 atom stereocenters. The number of piperazine rings is 1. The number of amides is 1. The first-order chi connectivity index (χ1) is 13.5. The second kappa shape index (κ2) is 9.41. The molecule has 150 valence electrons. The fourth-order valence-electron chi connectivity index (χ4n) is 3.22. The first-order valence-corrected chi connectivity index (χ1v) is 10.0. The number of nitrogens with one attached hydrogen (secondary N) is 1. The van der Waals surface area contributed by atoms with Crippen molar-refractivity contribution >= 4 is 27.5 Å².